The van der Waals surface area contributed by atoms with E-state index in [1.165, 1.54) is 11.8 Å². The summed E-state index contributed by atoms with van der Waals surface area (Å²) in [6.07, 6.45) is 1.55. The van der Waals surface area contributed by atoms with Crippen molar-refractivity contribution < 1.29 is 29.0 Å². The van der Waals surface area contributed by atoms with Gasteiger partial charge in [0, 0.05) is 45.6 Å². The first-order valence-electron chi connectivity index (χ1n) is 13.6. The molecule has 0 bridgehead atoms. The van der Waals surface area contributed by atoms with Gasteiger partial charge in [-0.3, -0.25) is 24.2 Å². The van der Waals surface area contributed by atoms with Gasteiger partial charge in [0.15, 0.2) is 6.73 Å². The minimum Gasteiger partial charge on any atom is -0.494 e. The number of esters is 1. The number of aliphatic carboxylic acids is 1. The zero-order chi connectivity index (χ0) is 29.9. The molecule has 3 rings (SSSR count). The van der Waals surface area contributed by atoms with E-state index in [-0.39, 0.29) is 25.5 Å². The molecule has 10 nitrogen and oxygen atoms in total. The average molecular weight is 610 g/mol. The van der Waals surface area contributed by atoms with Crippen molar-refractivity contribution in [2.24, 2.45) is 5.73 Å². The third-order valence-electron chi connectivity index (χ3n) is 6.94. The number of nitrogens with zero attached hydrogens (tertiary/aromatic N) is 3. The molecule has 3 N–H and O–H groups in total. The van der Waals surface area contributed by atoms with E-state index in [2.05, 4.69) is 9.80 Å². The molecule has 1 unspecified atom stereocenters. The first-order valence-corrected chi connectivity index (χ1v) is 14.4. The van der Waals surface area contributed by atoms with Gasteiger partial charge in [-0.1, -0.05) is 35.3 Å². The number of hydrogen-bond donors (Lipinski definition) is 2. The van der Waals surface area contributed by atoms with Crippen LogP contribution in [0.15, 0.2) is 36.4 Å². The minimum atomic E-state index is -1.08. The molecule has 224 valence electrons. The summed E-state index contributed by atoms with van der Waals surface area (Å²) in [6, 6.07) is 10.1. The molecule has 0 spiro atoms. The SMILES string of the molecule is CC(=O)N(COC(=O)C(N)CCC(=O)O)c1cc(OCCCCN2CCN(c3cccc(Cl)c3Cl)CC2)ccc1C. The van der Waals surface area contributed by atoms with Crippen molar-refractivity contribution in [1.82, 2.24) is 4.90 Å². The lowest BCUT2D eigenvalue weighted by atomic mass is 10.1. The van der Waals surface area contributed by atoms with Crippen LogP contribution in [0.1, 0.15) is 38.2 Å². The number of piperazine rings is 1. The molecule has 1 aliphatic rings. The Bertz CT molecular complexity index is 1210. The highest BCUT2D eigenvalue weighted by Crippen LogP contribution is 2.33. The molecule has 1 fully saturated rings. The first-order chi connectivity index (χ1) is 19.6. The van der Waals surface area contributed by atoms with Gasteiger partial charge in [0.05, 0.1) is 28.0 Å². The number of rotatable bonds is 14. The summed E-state index contributed by atoms with van der Waals surface area (Å²) >= 11 is 12.5. The fourth-order valence-corrected chi connectivity index (χ4v) is 4.92. The first kappa shape index (κ1) is 32.5. The highest BCUT2D eigenvalue weighted by Gasteiger charge is 2.22. The zero-order valence-corrected chi connectivity index (χ0v) is 25.0. The maximum absolute atomic E-state index is 12.4. The predicted molar refractivity (Wildman–Crippen MR) is 160 cm³/mol. The monoisotopic (exact) mass is 608 g/mol. The van der Waals surface area contributed by atoms with E-state index in [9.17, 15) is 14.4 Å². The van der Waals surface area contributed by atoms with Gasteiger partial charge in [0.1, 0.15) is 11.8 Å². The normalized spacial score (nSPS) is 14.4. The fourth-order valence-electron chi connectivity index (χ4n) is 4.51. The molecule has 2 aromatic rings. The number of ether oxygens (including phenoxy) is 2. The number of carbonyl (C=O) groups is 3. The Hall–Kier alpha value is -3.05. The van der Waals surface area contributed by atoms with E-state index >= 15 is 0 Å². The maximum atomic E-state index is 12.4. The van der Waals surface area contributed by atoms with E-state index < -0.39 is 18.0 Å². The van der Waals surface area contributed by atoms with Gasteiger partial charge in [-0.15, -0.1) is 0 Å². The molecule has 0 saturated carbocycles. The largest absolute Gasteiger partial charge is 0.494 e. The van der Waals surface area contributed by atoms with Gasteiger partial charge in [0.25, 0.3) is 0 Å². The van der Waals surface area contributed by atoms with Gasteiger partial charge in [-0.25, -0.2) is 0 Å². The second-order valence-electron chi connectivity index (χ2n) is 9.98. The summed E-state index contributed by atoms with van der Waals surface area (Å²) in [4.78, 5) is 41.2. The minimum absolute atomic E-state index is 0.0509. The van der Waals surface area contributed by atoms with Crippen LogP contribution in [0.4, 0.5) is 11.4 Å². The van der Waals surface area contributed by atoms with Gasteiger partial charge in [-0.05, 0) is 56.5 Å². The summed E-state index contributed by atoms with van der Waals surface area (Å²) in [6.45, 7) is 8.03. The summed E-state index contributed by atoms with van der Waals surface area (Å²) in [7, 11) is 0. The number of carbonyl (C=O) groups excluding carboxylic acids is 2. The Kier molecular flexibility index (Phi) is 12.5. The van der Waals surface area contributed by atoms with Crippen molar-refractivity contribution >= 4 is 52.4 Å². The zero-order valence-electron chi connectivity index (χ0n) is 23.5. The second kappa shape index (κ2) is 15.8. The van der Waals surface area contributed by atoms with Crippen LogP contribution < -0.4 is 20.3 Å². The highest BCUT2D eigenvalue weighted by atomic mass is 35.5. The van der Waals surface area contributed by atoms with Gasteiger partial charge in [0.2, 0.25) is 5.91 Å². The molecule has 1 amide bonds. The fraction of sp³-hybridized carbons (Fsp3) is 0.483. The van der Waals surface area contributed by atoms with Crippen LogP contribution in [0.25, 0.3) is 0 Å². The van der Waals surface area contributed by atoms with Crippen molar-refractivity contribution in [1.29, 1.82) is 0 Å². The Morgan fingerprint density at radius 3 is 2.51 bits per heavy atom. The number of aryl methyl sites for hydroxylation is 1. The third-order valence-corrected chi connectivity index (χ3v) is 7.75. The molecule has 1 saturated heterocycles. The number of hydrogen-bond acceptors (Lipinski definition) is 8. The Labute approximate surface area is 250 Å². The van der Waals surface area contributed by atoms with E-state index in [4.69, 9.17) is 43.5 Å². The predicted octanol–water partition coefficient (Wildman–Crippen LogP) is 4.33. The van der Waals surface area contributed by atoms with Crippen LogP contribution >= 0.6 is 23.2 Å². The van der Waals surface area contributed by atoms with E-state index in [0.29, 0.717) is 28.1 Å². The number of benzene rings is 2. The smallest absolute Gasteiger partial charge is 0.324 e. The molecule has 41 heavy (non-hydrogen) atoms. The van der Waals surface area contributed by atoms with E-state index in [0.717, 1.165) is 56.8 Å². The molecular formula is C29H38Cl2N4O6. The van der Waals surface area contributed by atoms with Crippen LogP contribution in [0.3, 0.4) is 0 Å². The molecule has 1 aliphatic heterocycles. The van der Waals surface area contributed by atoms with E-state index in [1.54, 1.807) is 12.1 Å². The summed E-state index contributed by atoms with van der Waals surface area (Å²) < 4.78 is 11.2. The number of nitrogens with two attached hydrogens (primary N) is 1. The van der Waals surface area contributed by atoms with Crippen LogP contribution in [0.2, 0.25) is 10.0 Å². The maximum Gasteiger partial charge on any atom is 0.324 e. The van der Waals surface area contributed by atoms with E-state index in [1.807, 2.05) is 31.2 Å². The average Bonchev–Trinajstić information content (AvgIpc) is 2.94. The summed E-state index contributed by atoms with van der Waals surface area (Å²) in [5, 5.41) is 9.94. The number of carboxylic acid groups (broad SMARTS) is 1. The van der Waals surface area contributed by atoms with Crippen molar-refractivity contribution in [2.45, 2.75) is 45.6 Å². The van der Waals surface area contributed by atoms with Gasteiger partial charge in [-0.2, -0.15) is 0 Å². The van der Waals surface area contributed by atoms with Gasteiger partial charge >= 0.3 is 11.9 Å². The third kappa shape index (κ3) is 9.78. The van der Waals surface area contributed by atoms with Crippen LogP contribution in [-0.4, -0.2) is 80.0 Å². The van der Waals surface area contributed by atoms with Crippen molar-refractivity contribution in [3.8, 4) is 5.75 Å². The van der Waals surface area contributed by atoms with Crippen molar-refractivity contribution in [2.75, 3.05) is 55.9 Å². The Morgan fingerprint density at radius 2 is 1.83 bits per heavy atom. The number of carboxylic acids is 1. The van der Waals surface area contributed by atoms with Crippen LogP contribution in [0.5, 0.6) is 5.75 Å². The number of anilines is 2. The highest BCUT2D eigenvalue weighted by molar-refractivity contribution is 6.43. The number of amides is 1. The molecule has 1 heterocycles. The summed E-state index contributed by atoms with van der Waals surface area (Å²) in [5.41, 5.74) is 8.05. The molecule has 12 heteroatoms. The second-order valence-corrected chi connectivity index (χ2v) is 10.8. The lowest BCUT2D eigenvalue weighted by molar-refractivity contribution is -0.146. The quantitative estimate of drug-likeness (QED) is 0.183. The number of halogens is 2. The molecule has 2 aromatic carbocycles. The lowest BCUT2D eigenvalue weighted by Crippen LogP contribution is -2.46. The molecular weight excluding hydrogens is 571 g/mol. The summed E-state index contributed by atoms with van der Waals surface area (Å²) in [5.74, 6) is -1.54. The Balaban J connectivity index is 1.43. The van der Waals surface area contributed by atoms with Crippen LogP contribution in [0, 0.1) is 6.92 Å². The Morgan fingerprint density at radius 1 is 1.10 bits per heavy atom. The molecule has 0 aliphatic carbocycles. The van der Waals surface area contributed by atoms with Crippen LogP contribution in [-0.2, 0) is 19.1 Å². The number of unbranched alkanes of at least 4 members (excludes halogenated alkanes) is 1. The topological polar surface area (TPSA) is 126 Å². The van der Waals surface area contributed by atoms with Gasteiger partial charge < -0.3 is 25.2 Å². The molecule has 0 aromatic heterocycles. The van der Waals surface area contributed by atoms with Crippen molar-refractivity contribution in [3.63, 3.8) is 0 Å². The lowest BCUT2D eigenvalue weighted by Gasteiger charge is -2.36. The molecule has 0 radical (unpaired) electrons. The molecule has 1 atom stereocenters. The van der Waals surface area contributed by atoms with Crippen molar-refractivity contribution in [3.05, 3.63) is 52.0 Å². The standard InChI is InChI=1S/C29H38Cl2N4O6/c1-20-8-9-22(18-26(20)35(21(2)36)19-41-29(39)24(32)10-11-27(37)38)40-17-4-3-12-33-13-15-34(16-14-33)25-7-5-6-23(30)28(25)31/h5-9,18,24H,3-4,10-17,19,32H2,1-2H3,(H,37,38).